The Morgan fingerprint density at radius 2 is 1.68 bits per heavy atom. The number of nitrogens with zero attached hydrogens (tertiary/aromatic N) is 4. The van der Waals surface area contributed by atoms with E-state index in [1.807, 2.05) is 29.2 Å². The van der Waals surface area contributed by atoms with E-state index in [0.717, 1.165) is 87.9 Å². The smallest absolute Gasteiger partial charge is 0.259 e. The molecular formula is C32H40N4O4. The van der Waals surface area contributed by atoms with Gasteiger partial charge in [-0.3, -0.25) is 9.78 Å². The molecule has 2 aromatic carbocycles. The second kappa shape index (κ2) is 13.6. The zero-order chi connectivity index (χ0) is 27.7. The number of methoxy groups -OCH3 is 2. The van der Waals surface area contributed by atoms with Crippen LogP contribution >= 0.6 is 0 Å². The number of benzene rings is 2. The highest BCUT2D eigenvalue weighted by atomic mass is 16.5. The van der Waals surface area contributed by atoms with E-state index in [1.165, 1.54) is 11.1 Å². The van der Waals surface area contributed by atoms with Gasteiger partial charge in [0.15, 0.2) is 11.5 Å². The number of para-hydroxylation sites is 1. The summed E-state index contributed by atoms with van der Waals surface area (Å²) in [5.74, 6) is 2.34. The summed E-state index contributed by atoms with van der Waals surface area (Å²) >= 11 is 0. The first-order valence-electron chi connectivity index (χ1n) is 14.3. The van der Waals surface area contributed by atoms with E-state index in [-0.39, 0.29) is 5.91 Å². The summed E-state index contributed by atoms with van der Waals surface area (Å²) in [7, 11) is 3.35. The van der Waals surface area contributed by atoms with Crippen LogP contribution in [0.4, 0.5) is 5.69 Å². The minimum absolute atomic E-state index is 0.0194. The van der Waals surface area contributed by atoms with Gasteiger partial charge in [-0.1, -0.05) is 18.2 Å². The first-order chi connectivity index (χ1) is 19.7. The lowest BCUT2D eigenvalue weighted by molar-refractivity contribution is 0.0983. The summed E-state index contributed by atoms with van der Waals surface area (Å²) in [6, 6.07) is 15.9. The lowest BCUT2D eigenvalue weighted by Crippen LogP contribution is -2.47. The van der Waals surface area contributed by atoms with Crippen LogP contribution < -0.4 is 19.1 Å². The van der Waals surface area contributed by atoms with Crippen LogP contribution in [0, 0.1) is 0 Å². The monoisotopic (exact) mass is 544 g/mol. The van der Waals surface area contributed by atoms with Gasteiger partial charge in [0.05, 0.1) is 32.1 Å². The van der Waals surface area contributed by atoms with Gasteiger partial charge in [-0.15, -0.1) is 0 Å². The molecule has 1 aromatic heterocycles. The highest BCUT2D eigenvalue weighted by Gasteiger charge is 2.27. The third-order valence-electron chi connectivity index (χ3n) is 7.84. The number of fused-ring (bicyclic) bond motifs is 1. The van der Waals surface area contributed by atoms with Crippen LogP contribution in [0.5, 0.6) is 17.2 Å². The molecule has 2 aliphatic rings. The van der Waals surface area contributed by atoms with Crippen molar-refractivity contribution < 1.29 is 19.0 Å². The average Bonchev–Trinajstić information content (AvgIpc) is 3.02. The Hall–Kier alpha value is -3.62. The molecular weight excluding hydrogens is 504 g/mol. The number of carbonyl (C=O) groups excluding carboxylic acids is 1. The van der Waals surface area contributed by atoms with Gasteiger partial charge < -0.3 is 28.9 Å². The van der Waals surface area contributed by atoms with E-state index in [4.69, 9.17) is 14.2 Å². The Balaban J connectivity index is 1.07. The quantitative estimate of drug-likeness (QED) is 0.333. The number of hydrogen-bond donors (Lipinski definition) is 0. The summed E-state index contributed by atoms with van der Waals surface area (Å²) in [5.41, 5.74) is 3.96. The zero-order valence-corrected chi connectivity index (χ0v) is 23.7. The lowest BCUT2D eigenvalue weighted by atomic mass is 10.00. The topological polar surface area (TPSA) is 67.4 Å². The van der Waals surface area contributed by atoms with E-state index in [0.29, 0.717) is 18.7 Å². The maximum atomic E-state index is 13.3. The first-order valence-corrected chi connectivity index (χ1v) is 14.3. The van der Waals surface area contributed by atoms with Crippen molar-refractivity contribution in [1.29, 1.82) is 0 Å². The summed E-state index contributed by atoms with van der Waals surface area (Å²) in [6.45, 7) is 7.66. The standard InChI is InChI=1S/C32H40N4O4/c1-38-28-12-11-25(23-30(28)39-2)13-17-35-20-18-34(19-21-35)15-6-22-40-29-10-3-7-26-9-5-16-36(31(26)29)32(37)27-8-4-14-33-24-27/h3-4,7-8,10-12,14,23-24H,5-6,9,13,15-22H2,1-2H3. The van der Waals surface area contributed by atoms with Gasteiger partial charge in [0.1, 0.15) is 5.75 Å². The number of pyridine rings is 1. The maximum Gasteiger partial charge on any atom is 0.259 e. The second-order valence-corrected chi connectivity index (χ2v) is 10.4. The molecule has 0 radical (unpaired) electrons. The lowest BCUT2D eigenvalue weighted by Gasteiger charge is -2.34. The average molecular weight is 545 g/mol. The fourth-order valence-corrected chi connectivity index (χ4v) is 5.61. The van der Waals surface area contributed by atoms with Crippen LogP contribution in [-0.2, 0) is 12.8 Å². The molecule has 3 aromatic rings. The minimum atomic E-state index is -0.0194. The predicted molar refractivity (Wildman–Crippen MR) is 157 cm³/mol. The molecule has 212 valence electrons. The molecule has 1 amide bonds. The number of piperazine rings is 1. The normalized spacial score (nSPS) is 15.9. The van der Waals surface area contributed by atoms with Crippen molar-refractivity contribution in [3.05, 3.63) is 77.6 Å². The molecule has 8 heteroatoms. The number of amides is 1. The van der Waals surface area contributed by atoms with Gasteiger partial charge in [-0.05, 0) is 67.1 Å². The number of ether oxygens (including phenoxy) is 3. The fourth-order valence-electron chi connectivity index (χ4n) is 5.61. The molecule has 5 rings (SSSR count). The van der Waals surface area contributed by atoms with Crippen molar-refractivity contribution >= 4 is 11.6 Å². The van der Waals surface area contributed by atoms with E-state index < -0.39 is 0 Å². The first kappa shape index (κ1) is 27.9. The number of anilines is 1. The van der Waals surface area contributed by atoms with Crippen LogP contribution in [0.2, 0.25) is 0 Å². The molecule has 0 saturated carbocycles. The molecule has 1 fully saturated rings. The maximum absolute atomic E-state index is 13.3. The molecule has 0 aliphatic carbocycles. The number of hydrogen-bond acceptors (Lipinski definition) is 7. The highest BCUT2D eigenvalue weighted by Crippen LogP contribution is 2.37. The van der Waals surface area contributed by atoms with Crippen molar-refractivity contribution in [2.45, 2.75) is 25.7 Å². The molecule has 0 unspecified atom stereocenters. The van der Waals surface area contributed by atoms with E-state index >= 15 is 0 Å². The molecule has 3 heterocycles. The third-order valence-corrected chi connectivity index (χ3v) is 7.84. The molecule has 0 spiro atoms. The Kier molecular flexibility index (Phi) is 9.52. The van der Waals surface area contributed by atoms with Crippen LogP contribution in [0.25, 0.3) is 0 Å². The molecule has 8 nitrogen and oxygen atoms in total. The number of aryl methyl sites for hydroxylation is 1. The van der Waals surface area contributed by atoms with Crippen LogP contribution in [-0.4, -0.2) is 87.3 Å². The van der Waals surface area contributed by atoms with Gasteiger partial charge in [0.25, 0.3) is 5.91 Å². The molecule has 2 aliphatic heterocycles. The summed E-state index contributed by atoms with van der Waals surface area (Å²) < 4.78 is 17.1. The molecule has 0 bridgehead atoms. The van der Waals surface area contributed by atoms with Crippen molar-refractivity contribution in [2.75, 3.05) is 71.5 Å². The van der Waals surface area contributed by atoms with Crippen molar-refractivity contribution in [3.8, 4) is 17.2 Å². The number of carbonyl (C=O) groups is 1. The highest BCUT2D eigenvalue weighted by molar-refractivity contribution is 6.07. The van der Waals surface area contributed by atoms with Crippen LogP contribution in [0.3, 0.4) is 0 Å². The Bertz CT molecular complexity index is 1260. The summed E-state index contributed by atoms with van der Waals surface area (Å²) in [5, 5.41) is 0. The predicted octanol–water partition coefficient (Wildman–Crippen LogP) is 4.32. The van der Waals surface area contributed by atoms with E-state index in [9.17, 15) is 4.79 Å². The second-order valence-electron chi connectivity index (χ2n) is 10.4. The summed E-state index contributed by atoms with van der Waals surface area (Å²) in [6.07, 6.45) is 7.18. The van der Waals surface area contributed by atoms with Crippen molar-refractivity contribution in [3.63, 3.8) is 0 Å². The van der Waals surface area contributed by atoms with E-state index in [2.05, 4.69) is 33.0 Å². The van der Waals surface area contributed by atoms with Crippen molar-refractivity contribution in [1.82, 2.24) is 14.8 Å². The van der Waals surface area contributed by atoms with Gasteiger partial charge in [-0.2, -0.15) is 0 Å². The Morgan fingerprint density at radius 1 is 0.875 bits per heavy atom. The van der Waals surface area contributed by atoms with Gasteiger partial charge in [0, 0.05) is 58.2 Å². The zero-order valence-electron chi connectivity index (χ0n) is 23.7. The van der Waals surface area contributed by atoms with Crippen LogP contribution in [0.15, 0.2) is 60.9 Å². The Labute approximate surface area is 237 Å². The summed E-state index contributed by atoms with van der Waals surface area (Å²) in [4.78, 5) is 24.3. The van der Waals surface area contributed by atoms with Crippen LogP contribution in [0.1, 0.15) is 34.3 Å². The third kappa shape index (κ3) is 6.74. The molecule has 0 atom stereocenters. The SMILES string of the molecule is COc1ccc(CCN2CCN(CCCOc3cccc4c3N(C(=O)c3cccnc3)CCC4)CC2)cc1OC. The number of aromatic nitrogens is 1. The largest absolute Gasteiger partial charge is 0.493 e. The van der Waals surface area contributed by atoms with Gasteiger partial charge >= 0.3 is 0 Å². The number of rotatable bonds is 11. The molecule has 0 N–H and O–H groups in total. The minimum Gasteiger partial charge on any atom is -0.493 e. The molecule has 1 saturated heterocycles. The van der Waals surface area contributed by atoms with Crippen molar-refractivity contribution in [2.24, 2.45) is 0 Å². The Morgan fingerprint density at radius 3 is 2.42 bits per heavy atom. The fraction of sp³-hybridized carbons (Fsp3) is 0.438. The molecule has 40 heavy (non-hydrogen) atoms. The van der Waals surface area contributed by atoms with E-state index in [1.54, 1.807) is 32.7 Å². The van der Waals surface area contributed by atoms with Gasteiger partial charge in [0.2, 0.25) is 0 Å². The van der Waals surface area contributed by atoms with Gasteiger partial charge in [-0.25, -0.2) is 0 Å².